The quantitative estimate of drug-likeness (QED) is 0.261. The van der Waals surface area contributed by atoms with Crippen molar-refractivity contribution in [3.05, 3.63) is 83.9 Å². The van der Waals surface area contributed by atoms with Crippen molar-refractivity contribution in [2.75, 3.05) is 26.2 Å². The van der Waals surface area contributed by atoms with Gasteiger partial charge in [-0.1, -0.05) is 31.1 Å². The Morgan fingerprint density at radius 3 is 2.14 bits per heavy atom. The SMILES string of the molecule is CCN(CC)CCOc1cccc(C(=O)c2c(-c3ccc(O)cc3)noc2-c2ccc(O)cc2)c1.Cl. The van der Waals surface area contributed by atoms with Gasteiger partial charge in [0.25, 0.3) is 0 Å². The number of halogens is 1. The average Bonchev–Trinajstić information content (AvgIpc) is 3.32. The van der Waals surface area contributed by atoms with Crippen LogP contribution in [0.1, 0.15) is 29.8 Å². The summed E-state index contributed by atoms with van der Waals surface area (Å²) in [5.74, 6) is 0.849. The minimum atomic E-state index is -0.272. The van der Waals surface area contributed by atoms with E-state index in [9.17, 15) is 15.0 Å². The smallest absolute Gasteiger partial charge is 0.199 e. The molecular weight excluding hydrogens is 480 g/mol. The maximum atomic E-state index is 13.8. The minimum absolute atomic E-state index is 0. The molecule has 3 aromatic carbocycles. The summed E-state index contributed by atoms with van der Waals surface area (Å²) in [6.45, 7) is 7.44. The second-order valence-electron chi connectivity index (χ2n) is 8.06. The molecule has 1 heterocycles. The van der Waals surface area contributed by atoms with Crippen molar-refractivity contribution in [1.29, 1.82) is 0 Å². The molecule has 7 nitrogen and oxygen atoms in total. The highest BCUT2D eigenvalue weighted by molar-refractivity contribution is 6.15. The molecule has 36 heavy (non-hydrogen) atoms. The van der Waals surface area contributed by atoms with E-state index in [2.05, 4.69) is 23.9 Å². The number of phenolic OH excluding ortho intramolecular Hbond substituents is 2. The molecule has 1 aromatic heterocycles. The largest absolute Gasteiger partial charge is 0.508 e. The number of ether oxygens (including phenoxy) is 1. The van der Waals surface area contributed by atoms with Crippen LogP contribution in [0, 0.1) is 0 Å². The number of ketones is 1. The molecule has 8 heteroatoms. The van der Waals surface area contributed by atoms with Crippen LogP contribution in [-0.2, 0) is 0 Å². The molecule has 0 spiro atoms. The van der Waals surface area contributed by atoms with Crippen molar-refractivity contribution in [3.63, 3.8) is 0 Å². The van der Waals surface area contributed by atoms with E-state index >= 15 is 0 Å². The normalized spacial score (nSPS) is 10.8. The van der Waals surface area contributed by atoms with E-state index in [1.807, 2.05) is 6.07 Å². The lowest BCUT2D eigenvalue weighted by Crippen LogP contribution is -2.27. The van der Waals surface area contributed by atoms with Gasteiger partial charge in [0.2, 0.25) is 0 Å². The minimum Gasteiger partial charge on any atom is -0.508 e. The molecule has 0 aliphatic carbocycles. The number of rotatable bonds is 10. The van der Waals surface area contributed by atoms with Crippen LogP contribution in [0.5, 0.6) is 17.2 Å². The highest BCUT2D eigenvalue weighted by atomic mass is 35.5. The molecule has 0 radical (unpaired) electrons. The van der Waals surface area contributed by atoms with Crippen LogP contribution in [0.3, 0.4) is 0 Å². The van der Waals surface area contributed by atoms with Crippen molar-refractivity contribution in [1.82, 2.24) is 10.1 Å². The van der Waals surface area contributed by atoms with Crippen LogP contribution in [0.4, 0.5) is 0 Å². The lowest BCUT2D eigenvalue weighted by molar-refractivity contribution is 0.103. The first-order valence-corrected chi connectivity index (χ1v) is 11.6. The third-order valence-corrected chi connectivity index (χ3v) is 5.86. The molecule has 0 atom stereocenters. The first-order chi connectivity index (χ1) is 17.0. The van der Waals surface area contributed by atoms with Gasteiger partial charge in [0.15, 0.2) is 11.5 Å². The maximum absolute atomic E-state index is 13.8. The predicted molar refractivity (Wildman–Crippen MR) is 141 cm³/mol. The van der Waals surface area contributed by atoms with Crippen molar-refractivity contribution in [2.45, 2.75) is 13.8 Å². The molecule has 188 valence electrons. The van der Waals surface area contributed by atoms with E-state index in [1.54, 1.807) is 42.5 Å². The van der Waals surface area contributed by atoms with Crippen LogP contribution in [0.25, 0.3) is 22.6 Å². The zero-order chi connectivity index (χ0) is 24.8. The van der Waals surface area contributed by atoms with Crippen LogP contribution in [-0.4, -0.2) is 52.3 Å². The molecule has 0 saturated heterocycles. The van der Waals surface area contributed by atoms with Gasteiger partial charge >= 0.3 is 0 Å². The Morgan fingerprint density at radius 1 is 0.917 bits per heavy atom. The van der Waals surface area contributed by atoms with Crippen LogP contribution >= 0.6 is 12.4 Å². The summed E-state index contributed by atoms with van der Waals surface area (Å²) >= 11 is 0. The molecule has 0 aliphatic heterocycles. The van der Waals surface area contributed by atoms with E-state index in [0.717, 1.165) is 19.6 Å². The summed E-state index contributed by atoms with van der Waals surface area (Å²) in [4.78, 5) is 16.1. The van der Waals surface area contributed by atoms with E-state index < -0.39 is 0 Å². The summed E-state index contributed by atoms with van der Waals surface area (Å²) in [6.07, 6.45) is 0. The van der Waals surface area contributed by atoms with Crippen molar-refractivity contribution < 1.29 is 24.3 Å². The van der Waals surface area contributed by atoms with Gasteiger partial charge in [0, 0.05) is 23.2 Å². The number of aromatic nitrogens is 1. The molecule has 0 amide bonds. The molecule has 4 aromatic rings. The van der Waals surface area contributed by atoms with Crippen LogP contribution in [0.2, 0.25) is 0 Å². The summed E-state index contributed by atoms with van der Waals surface area (Å²) in [5.41, 5.74) is 2.34. The van der Waals surface area contributed by atoms with Crippen molar-refractivity contribution in [2.24, 2.45) is 0 Å². The number of nitrogens with zero attached hydrogens (tertiary/aromatic N) is 2. The molecule has 0 saturated carbocycles. The fourth-order valence-electron chi connectivity index (χ4n) is 3.83. The topological polar surface area (TPSA) is 96.0 Å². The number of hydrogen-bond acceptors (Lipinski definition) is 7. The van der Waals surface area contributed by atoms with Crippen LogP contribution in [0.15, 0.2) is 77.3 Å². The standard InChI is InChI=1S/C28H28N2O5.ClH/c1-3-30(4-2)16-17-34-24-7-5-6-21(18-24)27(33)25-26(19-8-12-22(31)13-9-19)29-35-28(25)20-10-14-23(32)15-11-20;/h5-15,18,31-32H,3-4,16-17H2,1-2H3;1H. The average molecular weight is 509 g/mol. The zero-order valence-corrected chi connectivity index (χ0v) is 21.0. The zero-order valence-electron chi connectivity index (χ0n) is 20.2. The molecule has 0 fully saturated rings. The molecule has 0 unspecified atom stereocenters. The number of carbonyl (C=O) groups is 1. The summed E-state index contributed by atoms with van der Waals surface area (Å²) in [5, 5.41) is 23.6. The van der Waals surface area contributed by atoms with E-state index in [0.29, 0.717) is 46.1 Å². The summed E-state index contributed by atoms with van der Waals surface area (Å²) < 4.78 is 11.6. The number of carbonyl (C=O) groups excluding carboxylic acids is 1. The van der Waals surface area contributed by atoms with Gasteiger partial charge in [-0.05, 0) is 73.8 Å². The third-order valence-electron chi connectivity index (χ3n) is 5.86. The lowest BCUT2D eigenvalue weighted by atomic mass is 9.95. The first-order valence-electron chi connectivity index (χ1n) is 11.6. The second-order valence-corrected chi connectivity index (χ2v) is 8.06. The van der Waals surface area contributed by atoms with Gasteiger partial charge < -0.3 is 24.4 Å². The lowest BCUT2D eigenvalue weighted by Gasteiger charge is -2.18. The summed E-state index contributed by atoms with van der Waals surface area (Å²) in [6, 6.07) is 19.9. The Hall–Kier alpha value is -3.81. The molecule has 0 bridgehead atoms. The Kier molecular flexibility index (Phi) is 9.11. The van der Waals surface area contributed by atoms with Gasteiger partial charge in [-0.15, -0.1) is 12.4 Å². The Morgan fingerprint density at radius 2 is 1.53 bits per heavy atom. The van der Waals surface area contributed by atoms with Gasteiger partial charge in [-0.25, -0.2) is 0 Å². The van der Waals surface area contributed by atoms with E-state index in [4.69, 9.17) is 9.26 Å². The number of aromatic hydroxyl groups is 2. The summed E-state index contributed by atoms with van der Waals surface area (Å²) in [7, 11) is 0. The number of phenols is 2. The fraction of sp³-hybridized carbons (Fsp3) is 0.214. The Labute approximate surface area is 216 Å². The number of hydrogen-bond donors (Lipinski definition) is 2. The second kappa shape index (κ2) is 12.2. The Bertz CT molecular complexity index is 1220. The maximum Gasteiger partial charge on any atom is 0.199 e. The van der Waals surface area contributed by atoms with Gasteiger partial charge in [-0.2, -0.15) is 0 Å². The van der Waals surface area contributed by atoms with Gasteiger partial charge in [0.1, 0.15) is 29.5 Å². The number of likely N-dealkylation sites (N-methyl/N-ethyl adjacent to an activating group) is 1. The third kappa shape index (κ3) is 6.05. The number of benzene rings is 3. The molecule has 2 N–H and O–H groups in total. The Balaban J connectivity index is 0.00000361. The molecular formula is C28H29ClN2O5. The van der Waals surface area contributed by atoms with Crippen LogP contribution < -0.4 is 4.74 Å². The fourth-order valence-corrected chi connectivity index (χ4v) is 3.83. The van der Waals surface area contributed by atoms with Crippen molar-refractivity contribution in [3.8, 4) is 39.8 Å². The van der Waals surface area contributed by atoms with Gasteiger partial charge in [-0.3, -0.25) is 4.79 Å². The van der Waals surface area contributed by atoms with Gasteiger partial charge in [0.05, 0.1) is 5.56 Å². The highest BCUT2D eigenvalue weighted by Crippen LogP contribution is 2.35. The first kappa shape index (κ1) is 26.8. The predicted octanol–water partition coefficient (Wildman–Crippen LogP) is 5.79. The monoisotopic (exact) mass is 508 g/mol. The van der Waals surface area contributed by atoms with E-state index in [-0.39, 0.29) is 29.7 Å². The van der Waals surface area contributed by atoms with Crippen molar-refractivity contribution >= 4 is 18.2 Å². The van der Waals surface area contributed by atoms with E-state index in [1.165, 1.54) is 24.3 Å². The highest BCUT2D eigenvalue weighted by Gasteiger charge is 2.26. The molecule has 0 aliphatic rings. The molecule has 4 rings (SSSR count).